The van der Waals surface area contributed by atoms with Crippen molar-refractivity contribution in [3.8, 4) is 16.9 Å². The second-order valence-corrected chi connectivity index (χ2v) is 8.98. The molecule has 8 heteroatoms. The number of urea groups is 1. The van der Waals surface area contributed by atoms with E-state index in [-0.39, 0.29) is 12.5 Å². The van der Waals surface area contributed by atoms with E-state index in [4.69, 9.17) is 4.74 Å². The van der Waals surface area contributed by atoms with E-state index in [0.717, 1.165) is 38.9 Å². The molecular weight excluding hydrogens is 468 g/mol. The number of methoxy groups -OCH3 is 1. The molecule has 0 saturated heterocycles. The van der Waals surface area contributed by atoms with Gasteiger partial charge in [-0.15, -0.1) is 0 Å². The Morgan fingerprint density at radius 2 is 1.84 bits per heavy atom. The van der Waals surface area contributed by atoms with Crippen LogP contribution in [0.5, 0.6) is 5.75 Å². The van der Waals surface area contributed by atoms with Gasteiger partial charge in [-0.2, -0.15) is 0 Å². The molecule has 0 saturated carbocycles. The van der Waals surface area contributed by atoms with Crippen molar-refractivity contribution in [2.24, 2.45) is 0 Å². The highest BCUT2D eigenvalue weighted by molar-refractivity contribution is 5.98. The number of nitrogens with one attached hydrogen (secondary N) is 2. The number of pyridine rings is 1. The molecule has 4 aromatic rings. The summed E-state index contributed by atoms with van der Waals surface area (Å²) in [6.07, 6.45) is 0.328. The summed E-state index contributed by atoms with van der Waals surface area (Å²) in [6.45, 7) is 2.63. The van der Waals surface area contributed by atoms with Gasteiger partial charge in [0.15, 0.2) is 0 Å². The number of carbonyl (C=O) groups is 3. The first-order valence-electron chi connectivity index (χ1n) is 11.9. The highest BCUT2D eigenvalue weighted by atomic mass is 16.5. The molecule has 0 bridgehead atoms. The van der Waals surface area contributed by atoms with E-state index in [1.165, 1.54) is 0 Å². The largest absolute Gasteiger partial charge is 0.497 e. The van der Waals surface area contributed by atoms with Crippen LogP contribution in [-0.4, -0.2) is 41.9 Å². The summed E-state index contributed by atoms with van der Waals surface area (Å²) >= 11 is 0. The number of fused-ring (bicyclic) bond motifs is 2. The van der Waals surface area contributed by atoms with Crippen LogP contribution < -0.4 is 15.4 Å². The summed E-state index contributed by atoms with van der Waals surface area (Å²) in [5.74, 6) is 0.484. The maximum absolute atomic E-state index is 13.1. The van der Waals surface area contributed by atoms with Crippen molar-refractivity contribution in [1.82, 2.24) is 20.5 Å². The third-order valence-electron chi connectivity index (χ3n) is 6.57. The van der Waals surface area contributed by atoms with Crippen molar-refractivity contribution >= 4 is 29.3 Å². The maximum atomic E-state index is 13.1. The van der Waals surface area contributed by atoms with Gasteiger partial charge in [-0.3, -0.25) is 19.9 Å². The molecule has 1 aliphatic rings. The number of benzene rings is 3. The van der Waals surface area contributed by atoms with Crippen LogP contribution in [0.15, 0.2) is 72.8 Å². The summed E-state index contributed by atoms with van der Waals surface area (Å²) in [5.41, 5.74) is 6.28. The van der Waals surface area contributed by atoms with E-state index in [1.807, 2.05) is 61.5 Å². The molecule has 2 heterocycles. The Hall–Kier alpha value is -4.72. The molecule has 0 aliphatic carbocycles. The lowest BCUT2D eigenvalue weighted by atomic mass is 9.99. The number of aromatic nitrogens is 1. The number of ether oxygens (including phenoxy) is 1. The minimum atomic E-state index is -0.632. The van der Waals surface area contributed by atoms with E-state index < -0.39 is 12.1 Å². The number of hydrogen-bond acceptors (Lipinski definition) is 5. The molecule has 5 rings (SSSR count). The molecule has 0 radical (unpaired) electrons. The lowest BCUT2D eigenvalue weighted by Gasteiger charge is -2.25. The molecular formula is C29H26N4O4. The van der Waals surface area contributed by atoms with Gasteiger partial charge < -0.3 is 15.0 Å². The normalized spacial score (nSPS) is 13.2. The Morgan fingerprint density at radius 1 is 1.05 bits per heavy atom. The van der Waals surface area contributed by atoms with Crippen LogP contribution in [0.2, 0.25) is 0 Å². The van der Waals surface area contributed by atoms with Gasteiger partial charge in [-0.1, -0.05) is 42.5 Å². The van der Waals surface area contributed by atoms with Gasteiger partial charge in [-0.25, -0.2) is 4.79 Å². The molecule has 0 fully saturated rings. The minimum Gasteiger partial charge on any atom is -0.497 e. The maximum Gasteiger partial charge on any atom is 0.321 e. The number of imide groups is 1. The predicted molar refractivity (Wildman–Crippen MR) is 140 cm³/mol. The molecule has 37 heavy (non-hydrogen) atoms. The number of carbonyl (C=O) groups excluding carboxylic acids is 3. The lowest BCUT2D eigenvalue weighted by Crippen LogP contribution is -2.42. The first kappa shape index (κ1) is 24.0. The Kier molecular flexibility index (Phi) is 6.55. The van der Waals surface area contributed by atoms with Crippen LogP contribution in [-0.2, 0) is 11.3 Å². The van der Waals surface area contributed by atoms with Crippen molar-refractivity contribution in [1.29, 1.82) is 0 Å². The second kappa shape index (κ2) is 10.1. The zero-order chi connectivity index (χ0) is 25.9. The third-order valence-corrected chi connectivity index (χ3v) is 6.57. The fraction of sp³-hybridized carbons (Fsp3) is 0.172. The number of hydrogen-bond donors (Lipinski definition) is 2. The molecule has 2 N–H and O–H groups in total. The van der Waals surface area contributed by atoms with E-state index >= 15 is 0 Å². The van der Waals surface area contributed by atoms with Crippen molar-refractivity contribution in [3.05, 3.63) is 95.2 Å². The highest BCUT2D eigenvalue weighted by Gasteiger charge is 2.30. The molecule has 1 aliphatic heterocycles. The first-order chi connectivity index (χ1) is 17.9. The van der Waals surface area contributed by atoms with E-state index in [0.29, 0.717) is 24.3 Å². The molecule has 8 nitrogen and oxygen atoms in total. The fourth-order valence-electron chi connectivity index (χ4n) is 4.64. The predicted octanol–water partition coefficient (Wildman–Crippen LogP) is 4.37. The average molecular weight is 495 g/mol. The van der Waals surface area contributed by atoms with Crippen LogP contribution in [0.25, 0.3) is 22.0 Å². The van der Waals surface area contributed by atoms with Gasteiger partial charge in [0.2, 0.25) is 6.41 Å². The third kappa shape index (κ3) is 4.99. The number of nitrogens with zero attached hydrogens (tertiary/aromatic N) is 2. The summed E-state index contributed by atoms with van der Waals surface area (Å²) in [4.78, 5) is 42.4. The average Bonchev–Trinajstić information content (AvgIpc) is 3.22. The first-order valence-corrected chi connectivity index (χ1v) is 11.9. The monoisotopic (exact) mass is 494 g/mol. The van der Waals surface area contributed by atoms with E-state index in [1.54, 1.807) is 18.1 Å². The van der Waals surface area contributed by atoms with Crippen LogP contribution in [0.1, 0.15) is 33.2 Å². The SMILES string of the molecule is COc1ccc2c(c1)C(=O)N(C[C@H](NC(=O)NC=O)c1ccc(-c3ccc4nc(C)ccc4c3)cc1)C2. The van der Waals surface area contributed by atoms with Crippen LogP contribution in [0.3, 0.4) is 0 Å². The molecule has 186 valence electrons. The van der Waals surface area contributed by atoms with Gasteiger partial charge in [0.1, 0.15) is 5.75 Å². The lowest BCUT2D eigenvalue weighted by molar-refractivity contribution is -0.108. The standard InChI is InChI=1S/C29H26N4O4/c1-18-3-4-22-13-21(10-12-26(22)31-18)19-5-7-20(8-6-19)27(32-29(36)30-17-34)16-33-15-23-9-11-24(37-2)14-25(23)28(33)35/h3-14,17,27H,15-16H2,1-2H3,(H2,30,32,34,36)/t27-/m0/s1. The van der Waals surface area contributed by atoms with Gasteiger partial charge in [0.25, 0.3) is 5.91 Å². The minimum absolute atomic E-state index is 0.131. The Balaban J connectivity index is 1.39. The summed E-state index contributed by atoms with van der Waals surface area (Å²) in [6, 6.07) is 22.3. The second-order valence-electron chi connectivity index (χ2n) is 8.98. The van der Waals surface area contributed by atoms with Crippen molar-refractivity contribution in [2.75, 3.05) is 13.7 Å². The summed E-state index contributed by atoms with van der Waals surface area (Å²) in [5, 5.41) is 5.98. The van der Waals surface area contributed by atoms with Crippen LogP contribution >= 0.6 is 0 Å². The zero-order valence-electron chi connectivity index (χ0n) is 20.5. The fourth-order valence-corrected chi connectivity index (χ4v) is 4.64. The van der Waals surface area contributed by atoms with Gasteiger partial charge >= 0.3 is 6.03 Å². The van der Waals surface area contributed by atoms with E-state index in [9.17, 15) is 14.4 Å². The topological polar surface area (TPSA) is 101 Å². The smallest absolute Gasteiger partial charge is 0.321 e. The Morgan fingerprint density at radius 3 is 2.59 bits per heavy atom. The molecule has 4 amide bonds. The highest BCUT2D eigenvalue weighted by Crippen LogP contribution is 2.30. The van der Waals surface area contributed by atoms with Crippen molar-refractivity contribution < 1.29 is 19.1 Å². The zero-order valence-corrected chi connectivity index (χ0v) is 20.5. The van der Waals surface area contributed by atoms with Crippen molar-refractivity contribution in [2.45, 2.75) is 19.5 Å². The molecule has 3 aromatic carbocycles. The molecule has 1 aromatic heterocycles. The Bertz CT molecular complexity index is 1500. The van der Waals surface area contributed by atoms with Gasteiger partial charge in [0.05, 0.1) is 18.7 Å². The molecule has 0 unspecified atom stereocenters. The summed E-state index contributed by atoms with van der Waals surface area (Å²) < 4.78 is 5.26. The number of rotatable bonds is 7. The van der Waals surface area contributed by atoms with Gasteiger partial charge in [-0.05, 0) is 59.5 Å². The quantitative estimate of drug-likeness (QED) is 0.372. The molecule has 1 atom stereocenters. The number of amides is 4. The molecule has 0 spiro atoms. The number of aryl methyl sites for hydroxylation is 1. The summed E-state index contributed by atoms with van der Waals surface area (Å²) in [7, 11) is 1.56. The van der Waals surface area contributed by atoms with Crippen LogP contribution in [0, 0.1) is 6.92 Å². The van der Waals surface area contributed by atoms with Crippen LogP contribution in [0.4, 0.5) is 4.79 Å². The van der Waals surface area contributed by atoms with E-state index in [2.05, 4.69) is 27.8 Å². The van der Waals surface area contributed by atoms with Gasteiger partial charge in [0, 0.05) is 29.7 Å². The van der Waals surface area contributed by atoms with Crippen molar-refractivity contribution in [3.63, 3.8) is 0 Å². The Labute approximate surface area is 214 Å².